The average molecular weight is 322 g/mol. The molecule has 23 heavy (non-hydrogen) atoms. The first kappa shape index (κ1) is 16.2. The summed E-state index contributed by atoms with van der Waals surface area (Å²) in [6, 6.07) is 4.03. The van der Waals surface area contributed by atoms with Gasteiger partial charge in [0.15, 0.2) is 11.6 Å². The van der Waals surface area contributed by atoms with Crippen molar-refractivity contribution in [3.05, 3.63) is 24.0 Å². The normalized spacial score (nSPS) is 22.4. The molecule has 0 radical (unpaired) electrons. The number of halogens is 1. The molecule has 1 aliphatic heterocycles. The van der Waals surface area contributed by atoms with Crippen LogP contribution in [0.2, 0.25) is 0 Å². The summed E-state index contributed by atoms with van der Waals surface area (Å²) in [5.74, 6) is 0.263. The minimum Gasteiger partial charge on any atom is -0.494 e. The number of morpholine rings is 1. The van der Waals surface area contributed by atoms with Gasteiger partial charge in [-0.3, -0.25) is 9.69 Å². The number of amides is 1. The van der Waals surface area contributed by atoms with Crippen LogP contribution in [0.1, 0.15) is 19.3 Å². The van der Waals surface area contributed by atoms with E-state index in [1.165, 1.54) is 44.6 Å². The molecular weight excluding hydrogens is 299 g/mol. The first-order valence-corrected chi connectivity index (χ1v) is 8.13. The van der Waals surface area contributed by atoms with Gasteiger partial charge in [-0.1, -0.05) is 6.42 Å². The summed E-state index contributed by atoms with van der Waals surface area (Å²) in [5.41, 5.74) is 0.530. The zero-order valence-electron chi connectivity index (χ0n) is 13.4. The van der Waals surface area contributed by atoms with Crippen molar-refractivity contribution in [3.63, 3.8) is 0 Å². The van der Waals surface area contributed by atoms with E-state index in [0.29, 0.717) is 24.8 Å². The van der Waals surface area contributed by atoms with E-state index >= 15 is 0 Å². The maximum atomic E-state index is 13.4. The number of benzene rings is 1. The Bertz CT molecular complexity index is 563. The third kappa shape index (κ3) is 3.82. The SMILES string of the molecule is COc1cc(NC(=O)[C@H]2COCCN2CC2CCC2)ccc1F. The van der Waals surface area contributed by atoms with Gasteiger partial charge in [-0.2, -0.15) is 0 Å². The maximum absolute atomic E-state index is 13.4. The molecule has 1 saturated heterocycles. The van der Waals surface area contributed by atoms with E-state index < -0.39 is 5.82 Å². The summed E-state index contributed by atoms with van der Waals surface area (Å²) in [6.45, 7) is 2.80. The minimum absolute atomic E-state index is 0.113. The largest absolute Gasteiger partial charge is 0.494 e. The Labute approximate surface area is 135 Å². The topological polar surface area (TPSA) is 50.8 Å². The molecule has 1 N–H and O–H groups in total. The van der Waals surface area contributed by atoms with Gasteiger partial charge in [0.2, 0.25) is 5.91 Å². The number of nitrogens with one attached hydrogen (secondary N) is 1. The lowest BCUT2D eigenvalue weighted by Crippen LogP contribution is -2.53. The molecule has 5 nitrogen and oxygen atoms in total. The Morgan fingerprint density at radius 2 is 2.30 bits per heavy atom. The van der Waals surface area contributed by atoms with Crippen LogP contribution in [-0.2, 0) is 9.53 Å². The van der Waals surface area contributed by atoms with Crippen molar-refractivity contribution in [2.24, 2.45) is 5.92 Å². The molecule has 1 amide bonds. The van der Waals surface area contributed by atoms with Crippen LogP contribution in [0.5, 0.6) is 5.75 Å². The second-order valence-corrected chi connectivity index (χ2v) is 6.22. The molecule has 6 heteroatoms. The van der Waals surface area contributed by atoms with Crippen molar-refractivity contribution in [1.29, 1.82) is 0 Å². The number of nitrogens with zero attached hydrogens (tertiary/aromatic N) is 1. The van der Waals surface area contributed by atoms with E-state index in [1.54, 1.807) is 0 Å². The highest BCUT2D eigenvalue weighted by Crippen LogP contribution is 2.28. The van der Waals surface area contributed by atoms with Crippen molar-refractivity contribution in [2.45, 2.75) is 25.3 Å². The number of anilines is 1. The highest BCUT2D eigenvalue weighted by Gasteiger charge is 2.32. The van der Waals surface area contributed by atoms with Crippen LogP contribution in [0.4, 0.5) is 10.1 Å². The molecule has 0 unspecified atom stereocenters. The molecular formula is C17H23FN2O3. The highest BCUT2D eigenvalue weighted by molar-refractivity contribution is 5.95. The van der Waals surface area contributed by atoms with Crippen molar-refractivity contribution in [2.75, 3.05) is 38.7 Å². The van der Waals surface area contributed by atoms with Crippen molar-refractivity contribution < 1.29 is 18.7 Å². The van der Waals surface area contributed by atoms with Gasteiger partial charge in [0.25, 0.3) is 0 Å². The molecule has 1 saturated carbocycles. The predicted molar refractivity (Wildman–Crippen MR) is 85.1 cm³/mol. The van der Waals surface area contributed by atoms with Gasteiger partial charge in [-0.05, 0) is 30.9 Å². The second-order valence-electron chi connectivity index (χ2n) is 6.22. The lowest BCUT2D eigenvalue weighted by atomic mass is 9.84. The predicted octanol–water partition coefficient (Wildman–Crippen LogP) is 2.27. The molecule has 2 fully saturated rings. The number of carbonyl (C=O) groups is 1. The molecule has 126 valence electrons. The Balaban J connectivity index is 1.65. The Morgan fingerprint density at radius 1 is 1.48 bits per heavy atom. The summed E-state index contributed by atoms with van der Waals surface area (Å²) in [7, 11) is 1.40. The van der Waals surface area contributed by atoms with Gasteiger partial charge >= 0.3 is 0 Å². The number of ether oxygens (including phenoxy) is 2. The summed E-state index contributed by atoms with van der Waals surface area (Å²) in [5, 5.41) is 2.85. The number of rotatable bonds is 5. The lowest BCUT2D eigenvalue weighted by molar-refractivity contribution is -0.128. The molecule has 0 bridgehead atoms. The smallest absolute Gasteiger partial charge is 0.244 e. The van der Waals surface area contributed by atoms with E-state index in [1.807, 2.05) is 0 Å². The number of hydrogen-bond donors (Lipinski definition) is 1. The van der Waals surface area contributed by atoms with Crippen LogP contribution < -0.4 is 10.1 Å². The lowest BCUT2D eigenvalue weighted by Gasteiger charge is -2.39. The molecule has 0 aromatic heterocycles. The zero-order chi connectivity index (χ0) is 16.2. The van der Waals surface area contributed by atoms with Gasteiger partial charge in [0, 0.05) is 24.8 Å². The summed E-state index contributed by atoms with van der Waals surface area (Å²) in [4.78, 5) is 14.8. The molecule has 3 rings (SSSR count). The Kier molecular flexibility index (Phi) is 5.13. The molecule has 1 aromatic carbocycles. The van der Waals surface area contributed by atoms with Crippen LogP contribution in [0.25, 0.3) is 0 Å². The zero-order valence-corrected chi connectivity index (χ0v) is 13.4. The monoisotopic (exact) mass is 322 g/mol. The van der Waals surface area contributed by atoms with E-state index in [-0.39, 0.29) is 17.7 Å². The Hall–Kier alpha value is -1.66. The van der Waals surface area contributed by atoms with Gasteiger partial charge in [-0.25, -0.2) is 4.39 Å². The second kappa shape index (κ2) is 7.27. The van der Waals surface area contributed by atoms with Crippen molar-refractivity contribution in [1.82, 2.24) is 4.90 Å². The highest BCUT2D eigenvalue weighted by atomic mass is 19.1. The fraction of sp³-hybridized carbons (Fsp3) is 0.588. The van der Waals surface area contributed by atoms with Crippen molar-refractivity contribution in [3.8, 4) is 5.75 Å². The summed E-state index contributed by atoms with van der Waals surface area (Å²) < 4.78 is 23.9. The van der Waals surface area contributed by atoms with Gasteiger partial charge < -0.3 is 14.8 Å². The molecule has 1 aromatic rings. The summed E-state index contributed by atoms with van der Waals surface area (Å²) >= 11 is 0. The average Bonchev–Trinajstić information content (AvgIpc) is 2.53. The van der Waals surface area contributed by atoms with Crippen molar-refractivity contribution >= 4 is 11.6 Å². The van der Waals surface area contributed by atoms with Gasteiger partial charge in [0.1, 0.15) is 6.04 Å². The van der Waals surface area contributed by atoms with Gasteiger partial charge in [-0.15, -0.1) is 0 Å². The van der Waals surface area contributed by atoms with E-state index in [2.05, 4.69) is 10.2 Å². The molecule has 0 spiro atoms. The third-order valence-electron chi connectivity index (χ3n) is 4.68. The molecule has 1 heterocycles. The fourth-order valence-corrected chi connectivity index (χ4v) is 3.07. The van der Waals surface area contributed by atoms with Crippen LogP contribution in [0, 0.1) is 11.7 Å². The molecule has 2 aliphatic rings. The van der Waals surface area contributed by atoms with Gasteiger partial charge in [0.05, 0.1) is 20.3 Å². The van der Waals surface area contributed by atoms with Crippen LogP contribution in [0.3, 0.4) is 0 Å². The molecule has 1 aliphatic carbocycles. The van der Waals surface area contributed by atoms with E-state index in [9.17, 15) is 9.18 Å². The number of hydrogen-bond acceptors (Lipinski definition) is 4. The first-order chi connectivity index (χ1) is 11.2. The molecule has 1 atom stereocenters. The maximum Gasteiger partial charge on any atom is 0.244 e. The fourth-order valence-electron chi connectivity index (χ4n) is 3.07. The number of methoxy groups -OCH3 is 1. The third-order valence-corrected chi connectivity index (χ3v) is 4.68. The van der Waals surface area contributed by atoms with Crippen LogP contribution >= 0.6 is 0 Å². The Morgan fingerprint density at radius 3 is 3.00 bits per heavy atom. The number of carbonyl (C=O) groups excluding carboxylic acids is 1. The van der Waals surface area contributed by atoms with E-state index in [0.717, 1.165) is 13.1 Å². The minimum atomic E-state index is -0.446. The first-order valence-electron chi connectivity index (χ1n) is 8.13. The summed E-state index contributed by atoms with van der Waals surface area (Å²) in [6.07, 6.45) is 3.79. The van der Waals surface area contributed by atoms with Crippen LogP contribution in [0.15, 0.2) is 18.2 Å². The quantitative estimate of drug-likeness (QED) is 0.903. The van der Waals surface area contributed by atoms with Crippen LogP contribution in [-0.4, -0.2) is 50.3 Å². The standard InChI is InChI=1S/C17H23FN2O3/c1-22-16-9-13(5-6-14(16)18)19-17(21)15-11-23-8-7-20(15)10-12-3-2-4-12/h5-6,9,12,15H,2-4,7-8,10-11H2,1H3,(H,19,21)/t15-/m1/s1. The van der Waals surface area contributed by atoms with E-state index in [4.69, 9.17) is 9.47 Å².